The van der Waals surface area contributed by atoms with Gasteiger partial charge in [0.05, 0.1) is 23.3 Å². The number of thiazole rings is 2. The standard InChI is InChI=1S/2C13H15NO.2C13H15NS.C9H10N2.2C9H9N/c1-9(2)11-6-4-5-7-12(11)13-14-10(3)8-15-13;1-9(2)11-6-4-5-7-12(11)13-14-8-10(3)15-13;1-9(2)11-6-4-5-7-12(11)13-14-10(3)8-15-13;1-9(2)11-6-4-5-7-12(11)13-14-8-10(3)15-13;1-6-3-4-8-5-7(2)11-9(8)10-6;2*1-7-6-8-4-2-3-5-9(8)10-7/h4*4-9H,1-3H3;3-4H,5H2,1-2H3;2*2-5H,6H2,1H3. The molecule has 8 heterocycles. The molecular formula is C79H88N8O2S2. The second-order valence-corrected chi connectivity index (χ2v) is 26.5. The third-order valence-corrected chi connectivity index (χ3v) is 17.0. The molecule has 0 saturated carbocycles. The smallest absolute Gasteiger partial charge is 0.226 e. The van der Waals surface area contributed by atoms with Gasteiger partial charge in [0.1, 0.15) is 22.0 Å². The zero-order valence-corrected chi connectivity index (χ0v) is 57.6. The molecule has 0 atom stereocenters. The Balaban J connectivity index is 0.000000138. The van der Waals surface area contributed by atoms with E-state index in [1.807, 2.05) is 71.1 Å². The van der Waals surface area contributed by atoms with Crippen LogP contribution in [0.2, 0.25) is 0 Å². The Hall–Kier alpha value is -8.84. The molecule has 11 aromatic rings. The summed E-state index contributed by atoms with van der Waals surface area (Å²) in [5, 5.41) is 4.38. The van der Waals surface area contributed by atoms with Gasteiger partial charge in [0.15, 0.2) is 5.82 Å². The fourth-order valence-corrected chi connectivity index (χ4v) is 12.2. The van der Waals surface area contributed by atoms with Crippen LogP contribution in [-0.4, -0.2) is 42.1 Å². The number of pyridine rings is 1. The summed E-state index contributed by atoms with van der Waals surface area (Å²) < 4.78 is 11.0. The molecule has 0 spiro atoms. The molecule has 5 aromatic heterocycles. The van der Waals surface area contributed by atoms with E-state index in [-0.39, 0.29) is 0 Å². The van der Waals surface area contributed by atoms with Gasteiger partial charge < -0.3 is 8.83 Å². The Kier molecular flexibility index (Phi) is 24.5. The predicted octanol–water partition coefficient (Wildman–Crippen LogP) is 22.7. The number of aryl methyl sites for hydroxylation is 5. The molecule has 14 rings (SSSR count). The highest BCUT2D eigenvalue weighted by Crippen LogP contribution is 2.35. The van der Waals surface area contributed by atoms with Crippen molar-refractivity contribution in [2.75, 3.05) is 0 Å². The number of hydrogen-bond donors (Lipinski definition) is 0. The summed E-state index contributed by atoms with van der Waals surface area (Å²) in [5.74, 6) is 5.26. The van der Waals surface area contributed by atoms with E-state index in [2.05, 4.69) is 249 Å². The molecule has 3 aliphatic rings. The molecule has 0 radical (unpaired) electrons. The monoisotopic (exact) mass is 1240 g/mol. The van der Waals surface area contributed by atoms with Crippen molar-refractivity contribution in [3.05, 3.63) is 248 Å². The summed E-state index contributed by atoms with van der Waals surface area (Å²) in [6.45, 7) is 33.7. The number of aromatic nitrogens is 5. The Bertz CT molecular complexity index is 3830. The van der Waals surface area contributed by atoms with Crippen LogP contribution in [0.25, 0.3) is 44.1 Å². The summed E-state index contributed by atoms with van der Waals surface area (Å²) in [7, 11) is 0. The third-order valence-electron chi connectivity index (χ3n) is 15.1. The van der Waals surface area contributed by atoms with Crippen molar-refractivity contribution >= 4 is 57.0 Å². The zero-order valence-electron chi connectivity index (χ0n) is 56.0. The van der Waals surface area contributed by atoms with Gasteiger partial charge in [-0.05, 0) is 143 Å². The summed E-state index contributed by atoms with van der Waals surface area (Å²) in [4.78, 5) is 36.2. The number of hydrogen-bond acceptors (Lipinski definition) is 12. The van der Waals surface area contributed by atoms with E-state index in [1.165, 1.54) is 66.4 Å². The minimum Gasteiger partial charge on any atom is -0.444 e. The van der Waals surface area contributed by atoms with Crippen LogP contribution in [0, 0.1) is 34.6 Å². The number of para-hydroxylation sites is 2. The van der Waals surface area contributed by atoms with Crippen LogP contribution in [0.5, 0.6) is 0 Å². The van der Waals surface area contributed by atoms with Gasteiger partial charge in [-0.1, -0.05) is 183 Å². The van der Waals surface area contributed by atoms with Gasteiger partial charge in [0.25, 0.3) is 0 Å². The van der Waals surface area contributed by atoms with Gasteiger partial charge in [-0.15, -0.1) is 22.7 Å². The van der Waals surface area contributed by atoms with E-state index in [0.717, 1.165) is 97.9 Å². The molecule has 10 nitrogen and oxygen atoms in total. The number of aliphatic imine (C=N–C) groups is 3. The fraction of sp³-hybridized carbons (Fsp3) is 0.291. The van der Waals surface area contributed by atoms with Gasteiger partial charge >= 0.3 is 0 Å². The number of benzene rings is 6. The number of rotatable bonds is 8. The van der Waals surface area contributed by atoms with Gasteiger partial charge in [-0.3, -0.25) is 9.98 Å². The minimum absolute atomic E-state index is 0.480. The van der Waals surface area contributed by atoms with E-state index in [9.17, 15) is 0 Å². The van der Waals surface area contributed by atoms with Crippen molar-refractivity contribution in [1.82, 2.24) is 24.9 Å². The van der Waals surface area contributed by atoms with Crippen molar-refractivity contribution in [2.45, 2.75) is 154 Å². The number of fused-ring (bicyclic) bond motifs is 3. The van der Waals surface area contributed by atoms with Crippen molar-refractivity contribution in [3.8, 4) is 44.1 Å². The molecule has 0 N–H and O–H groups in total. The van der Waals surface area contributed by atoms with Gasteiger partial charge in [-0.25, -0.2) is 29.9 Å². The first-order valence-corrected chi connectivity index (χ1v) is 33.2. The summed E-state index contributed by atoms with van der Waals surface area (Å²) in [6, 6.07) is 54.3. The maximum Gasteiger partial charge on any atom is 0.226 e. The Morgan fingerprint density at radius 3 is 1.27 bits per heavy atom. The number of nitrogens with zero attached hydrogens (tertiary/aromatic N) is 8. The Morgan fingerprint density at radius 1 is 0.385 bits per heavy atom. The fourth-order valence-electron chi connectivity index (χ4n) is 10.6. The average Bonchev–Trinajstić information content (AvgIpc) is 3.69. The largest absolute Gasteiger partial charge is 0.444 e. The molecule has 0 amide bonds. The van der Waals surface area contributed by atoms with Crippen LogP contribution in [0.1, 0.15) is 166 Å². The molecule has 0 saturated heterocycles. The van der Waals surface area contributed by atoms with Crippen LogP contribution in [0.3, 0.4) is 0 Å². The molecule has 12 heteroatoms. The molecule has 468 valence electrons. The molecule has 0 unspecified atom stereocenters. The van der Waals surface area contributed by atoms with Gasteiger partial charge in [-0.2, -0.15) is 0 Å². The van der Waals surface area contributed by atoms with E-state index in [0.29, 0.717) is 23.7 Å². The first-order valence-electron chi connectivity index (χ1n) is 31.5. The third kappa shape index (κ3) is 19.3. The van der Waals surface area contributed by atoms with Crippen molar-refractivity contribution in [1.29, 1.82) is 0 Å². The molecule has 0 aliphatic carbocycles. The topological polar surface area (TPSA) is 128 Å². The lowest BCUT2D eigenvalue weighted by molar-refractivity contribution is 0.541. The second-order valence-electron chi connectivity index (χ2n) is 24.4. The molecule has 0 fully saturated rings. The second kappa shape index (κ2) is 32.8. The van der Waals surface area contributed by atoms with E-state index in [1.54, 1.807) is 35.1 Å². The normalized spacial score (nSPS) is 12.2. The zero-order chi connectivity index (χ0) is 65.1. The lowest BCUT2D eigenvalue weighted by Gasteiger charge is -2.09. The van der Waals surface area contributed by atoms with Crippen LogP contribution in [0.4, 0.5) is 17.2 Å². The average molecular weight is 1250 g/mol. The molecule has 91 heavy (non-hydrogen) atoms. The Labute approximate surface area is 548 Å². The molecule has 0 bridgehead atoms. The Morgan fingerprint density at radius 2 is 0.835 bits per heavy atom. The van der Waals surface area contributed by atoms with Crippen LogP contribution >= 0.6 is 22.7 Å². The van der Waals surface area contributed by atoms with E-state index < -0.39 is 0 Å². The minimum atomic E-state index is 0.480. The van der Waals surface area contributed by atoms with Crippen molar-refractivity contribution in [2.24, 2.45) is 15.0 Å². The van der Waals surface area contributed by atoms with Crippen LogP contribution < -0.4 is 0 Å². The summed E-state index contributed by atoms with van der Waals surface area (Å²) >= 11 is 3.48. The summed E-state index contributed by atoms with van der Waals surface area (Å²) in [6.07, 6.45) is 8.44. The lowest BCUT2D eigenvalue weighted by Crippen LogP contribution is -1.91. The maximum absolute atomic E-state index is 5.55. The number of oxazole rings is 2. The van der Waals surface area contributed by atoms with Crippen molar-refractivity contribution in [3.63, 3.8) is 0 Å². The lowest BCUT2D eigenvalue weighted by atomic mass is 9.97. The van der Waals surface area contributed by atoms with Gasteiger partial charge in [0, 0.05) is 92.1 Å². The maximum atomic E-state index is 5.55. The van der Waals surface area contributed by atoms with Crippen LogP contribution in [-0.2, 0) is 19.3 Å². The van der Waals surface area contributed by atoms with E-state index in [4.69, 9.17) is 8.83 Å². The molecular weight excluding hydrogens is 1160 g/mol. The quantitative estimate of drug-likeness (QED) is 0.148. The molecule has 6 aromatic carbocycles. The molecule has 3 aliphatic heterocycles. The van der Waals surface area contributed by atoms with Gasteiger partial charge in [0.2, 0.25) is 11.8 Å². The highest BCUT2D eigenvalue weighted by atomic mass is 32.1. The van der Waals surface area contributed by atoms with Crippen LogP contribution in [0.15, 0.2) is 206 Å². The summed E-state index contributed by atoms with van der Waals surface area (Å²) in [5.41, 5.74) is 23.0. The highest BCUT2D eigenvalue weighted by Gasteiger charge is 2.16. The first kappa shape index (κ1) is 68.1. The van der Waals surface area contributed by atoms with E-state index >= 15 is 0 Å². The predicted molar refractivity (Wildman–Crippen MR) is 386 cm³/mol. The first-order chi connectivity index (χ1) is 43.7. The van der Waals surface area contributed by atoms with Crippen molar-refractivity contribution < 1.29 is 8.83 Å². The highest BCUT2D eigenvalue weighted by molar-refractivity contribution is 7.15. The SMILES string of the molecule is CC1=Nc2ccccc2C1.CC1=Nc2ccccc2C1.CC1=Nc2nc(C)ccc2C1.Cc1cnc(-c2ccccc2C(C)C)o1.Cc1cnc(-c2ccccc2C(C)C)s1.Cc1coc(-c2ccccc2C(C)C)n1.Cc1csc(-c2ccccc2C(C)C)n1.